The molecule has 0 spiro atoms. The molecule has 8 nitrogen and oxygen atoms in total. The van der Waals surface area contributed by atoms with Gasteiger partial charge in [0.1, 0.15) is 6.04 Å². The number of benzene rings is 1. The molecule has 4 amide bonds. The van der Waals surface area contributed by atoms with Crippen LogP contribution < -0.4 is 16.0 Å². The Morgan fingerprint density at radius 1 is 1.14 bits per heavy atom. The van der Waals surface area contributed by atoms with Crippen LogP contribution >= 0.6 is 0 Å². The Labute approximate surface area is 162 Å². The second kappa shape index (κ2) is 6.22. The van der Waals surface area contributed by atoms with Crippen LogP contribution in [0.3, 0.4) is 0 Å². The SMILES string of the molecule is O=C1CCC(N2C(=O)c3ccc(CNC[C@@]45CNC[C@@H]4C5)cc3C2=O)C(=O)N1. The average Bonchev–Trinajstić information content (AvgIpc) is 3.11. The van der Waals surface area contributed by atoms with Crippen LogP contribution in [-0.2, 0) is 16.1 Å². The van der Waals surface area contributed by atoms with E-state index < -0.39 is 23.8 Å². The summed E-state index contributed by atoms with van der Waals surface area (Å²) in [5, 5.41) is 9.10. The van der Waals surface area contributed by atoms with Gasteiger partial charge in [0.2, 0.25) is 11.8 Å². The molecule has 1 aromatic carbocycles. The lowest BCUT2D eigenvalue weighted by molar-refractivity contribution is -0.136. The summed E-state index contributed by atoms with van der Waals surface area (Å²) in [5.74, 6) is -1.11. The number of hydrogen-bond donors (Lipinski definition) is 3. The zero-order chi connectivity index (χ0) is 19.5. The summed E-state index contributed by atoms with van der Waals surface area (Å²) in [4.78, 5) is 50.0. The maximum atomic E-state index is 12.8. The molecule has 3 aliphatic heterocycles. The Kier molecular flexibility index (Phi) is 3.89. The summed E-state index contributed by atoms with van der Waals surface area (Å²) in [6.07, 6.45) is 1.56. The summed E-state index contributed by atoms with van der Waals surface area (Å²) in [6, 6.07) is 4.32. The van der Waals surface area contributed by atoms with Crippen molar-refractivity contribution < 1.29 is 19.2 Å². The number of piperidine rings is 2. The van der Waals surface area contributed by atoms with Crippen LogP contribution in [0.1, 0.15) is 45.5 Å². The van der Waals surface area contributed by atoms with E-state index in [0.717, 1.165) is 36.0 Å². The molecule has 1 unspecified atom stereocenters. The van der Waals surface area contributed by atoms with Crippen LogP contribution in [0.25, 0.3) is 0 Å². The van der Waals surface area contributed by atoms with Crippen molar-refractivity contribution >= 4 is 23.6 Å². The Morgan fingerprint density at radius 3 is 2.68 bits per heavy atom. The van der Waals surface area contributed by atoms with Crippen molar-refractivity contribution in [1.29, 1.82) is 0 Å². The van der Waals surface area contributed by atoms with Gasteiger partial charge in [-0.2, -0.15) is 0 Å². The topological polar surface area (TPSA) is 108 Å². The molecule has 8 heteroatoms. The van der Waals surface area contributed by atoms with Crippen LogP contribution in [0.5, 0.6) is 0 Å². The number of imide groups is 2. The molecule has 3 N–H and O–H groups in total. The number of nitrogens with one attached hydrogen (secondary N) is 3. The first-order valence-electron chi connectivity index (χ1n) is 9.74. The summed E-state index contributed by atoms with van der Waals surface area (Å²) < 4.78 is 0. The van der Waals surface area contributed by atoms with Gasteiger partial charge in [-0.25, -0.2) is 0 Å². The van der Waals surface area contributed by atoms with Gasteiger partial charge in [-0.1, -0.05) is 6.07 Å². The highest BCUT2D eigenvalue weighted by atomic mass is 16.2. The predicted octanol–water partition coefficient (Wildman–Crippen LogP) is -0.213. The van der Waals surface area contributed by atoms with E-state index in [1.807, 2.05) is 6.07 Å². The van der Waals surface area contributed by atoms with Gasteiger partial charge < -0.3 is 10.6 Å². The molecule has 0 radical (unpaired) electrons. The van der Waals surface area contributed by atoms with Gasteiger partial charge in [-0.3, -0.25) is 29.4 Å². The molecular weight excluding hydrogens is 360 g/mol. The van der Waals surface area contributed by atoms with Crippen molar-refractivity contribution in [3.8, 4) is 0 Å². The number of fused-ring (bicyclic) bond motifs is 2. The molecule has 3 fully saturated rings. The number of amides is 4. The molecular formula is C20H22N4O4. The largest absolute Gasteiger partial charge is 0.316 e. The first-order chi connectivity index (χ1) is 13.5. The summed E-state index contributed by atoms with van der Waals surface area (Å²) >= 11 is 0. The van der Waals surface area contributed by atoms with E-state index in [2.05, 4.69) is 16.0 Å². The molecule has 1 aromatic rings. The molecule has 5 rings (SSSR count). The number of hydrogen-bond acceptors (Lipinski definition) is 6. The molecule has 28 heavy (non-hydrogen) atoms. The second-order valence-corrected chi connectivity index (χ2v) is 8.33. The van der Waals surface area contributed by atoms with Crippen LogP contribution in [-0.4, -0.2) is 54.2 Å². The normalized spacial score (nSPS) is 31.1. The first-order valence-corrected chi connectivity index (χ1v) is 9.74. The number of carbonyl (C=O) groups is 4. The monoisotopic (exact) mass is 382 g/mol. The Morgan fingerprint density at radius 2 is 1.96 bits per heavy atom. The lowest BCUT2D eigenvalue weighted by atomic mass is 10.0. The fraction of sp³-hybridized carbons (Fsp3) is 0.500. The van der Waals surface area contributed by atoms with Gasteiger partial charge in [0.05, 0.1) is 11.1 Å². The van der Waals surface area contributed by atoms with Crippen molar-refractivity contribution in [2.24, 2.45) is 11.3 Å². The number of carbonyl (C=O) groups excluding carboxylic acids is 4. The molecule has 3 atom stereocenters. The van der Waals surface area contributed by atoms with Crippen LogP contribution in [0.4, 0.5) is 0 Å². The van der Waals surface area contributed by atoms with E-state index in [0.29, 0.717) is 23.1 Å². The fourth-order valence-electron chi connectivity index (χ4n) is 4.80. The standard InChI is InChI=1S/C20H22N4O4/c25-16-4-3-15(17(26)23-16)24-18(27)13-2-1-11(5-14(13)19(24)28)7-21-9-20-6-12(20)8-22-10-20/h1-2,5,12,15,21-22H,3-4,6-10H2,(H,23,25,26)/t12-,15?,20-/m0/s1. The van der Waals surface area contributed by atoms with Crippen LogP contribution in [0, 0.1) is 11.3 Å². The van der Waals surface area contributed by atoms with E-state index in [9.17, 15) is 19.2 Å². The number of nitrogens with zero attached hydrogens (tertiary/aromatic N) is 1. The van der Waals surface area contributed by atoms with E-state index in [-0.39, 0.29) is 18.7 Å². The molecule has 2 saturated heterocycles. The first kappa shape index (κ1) is 17.5. The van der Waals surface area contributed by atoms with Gasteiger partial charge in [-0.05, 0) is 48.4 Å². The predicted molar refractivity (Wildman–Crippen MR) is 98.2 cm³/mol. The molecule has 1 aliphatic carbocycles. The summed E-state index contributed by atoms with van der Waals surface area (Å²) in [5.41, 5.74) is 1.98. The quantitative estimate of drug-likeness (QED) is 0.608. The second-order valence-electron chi connectivity index (χ2n) is 8.33. The lowest BCUT2D eigenvalue weighted by Crippen LogP contribution is -2.54. The van der Waals surface area contributed by atoms with Gasteiger partial charge in [-0.15, -0.1) is 0 Å². The van der Waals surface area contributed by atoms with Crippen molar-refractivity contribution in [3.05, 3.63) is 34.9 Å². The third-order valence-electron chi connectivity index (χ3n) is 6.54. The van der Waals surface area contributed by atoms with Crippen molar-refractivity contribution in [3.63, 3.8) is 0 Å². The van der Waals surface area contributed by atoms with Gasteiger partial charge in [0.15, 0.2) is 0 Å². The smallest absolute Gasteiger partial charge is 0.262 e. The molecule has 0 aromatic heterocycles. The Bertz CT molecular complexity index is 913. The van der Waals surface area contributed by atoms with E-state index >= 15 is 0 Å². The highest BCUT2D eigenvalue weighted by Gasteiger charge is 2.56. The Hall–Kier alpha value is -2.58. The molecule has 146 valence electrons. The molecule has 4 aliphatic rings. The average molecular weight is 382 g/mol. The molecule has 1 saturated carbocycles. The third kappa shape index (κ3) is 2.67. The zero-order valence-corrected chi connectivity index (χ0v) is 15.4. The van der Waals surface area contributed by atoms with E-state index in [1.54, 1.807) is 12.1 Å². The lowest BCUT2D eigenvalue weighted by Gasteiger charge is -2.27. The summed E-state index contributed by atoms with van der Waals surface area (Å²) in [7, 11) is 0. The number of rotatable bonds is 5. The van der Waals surface area contributed by atoms with E-state index in [1.165, 1.54) is 6.42 Å². The van der Waals surface area contributed by atoms with E-state index in [4.69, 9.17) is 0 Å². The maximum absolute atomic E-state index is 12.8. The van der Waals surface area contributed by atoms with Crippen LogP contribution in [0.2, 0.25) is 0 Å². The third-order valence-corrected chi connectivity index (χ3v) is 6.54. The highest BCUT2D eigenvalue weighted by molar-refractivity contribution is 6.23. The minimum atomic E-state index is -0.924. The van der Waals surface area contributed by atoms with Crippen LogP contribution in [0.15, 0.2) is 18.2 Å². The molecule has 3 heterocycles. The Balaban J connectivity index is 1.29. The van der Waals surface area contributed by atoms with Crippen molar-refractivity contribution in [2.75, 3.05) is 19.6 Å². The minimum absolute atomic E-state index is 0.122. The molecule has 0 bridgehead atoms. The van der Waals surface area contributed by atoms with Gasteiger partial charge in [0.25, 0.3) is 11.8 Å². The van der Waals surface area contributed by atoms with Crippen molar-refractivity contribution in [1.82, 2.24) is 20.9 Å². The minimum Gasteiger partial charge on any atom is -0.316 e. The maximum Gasteiger partial charge on any atom is 0.262 e. The van der Waals surface area contributed by atoms with Gasteiger partial charge in [0, 0.05) is 26.1 Å². The van der Waals surface area contributed by atoms with Crippen molar-refractivity contribution in [2.45, 2.75) is 31.8 Å². The highest BCUT2D eigenvalue weighted by Crippen LogP contribution is 2.54. The van der Waals surface area contributed by atoms with Gasteiger partial charge >= 0.3 is 0 Å². The zero-order valence-electron chi connectivity index (χ0n) is 15.4. The fourth-order valence-corrected chi connectivity index (χ4v) is 4.80. The summed E-state index contributed by atoms with van der Waals surface area (Å²) in [6.45, 7) is 3.73.